The summed E-state index contributed by atoms with van der Waals surface area (Å²) in [5, 5.41) is 9.47. The van der Waals surface area contributed by atoms with E-state index in [0.717, 1.165) is 0 Å². The van der Waals surface area contributed by atoms with Crippen molar-refractivity contribution in [3.8, 4) is 0 Å². The van der Waals surface area contributed by atoms with Crippen LogP contribution in [-0.2, 0) is 6.54 Å². The van der Waals surface area contributed by atoms with E-state index in [1.54, 1.807) is 18.2 Å². The first kappa shape index (κ1) is 10.9. The maximum Gasteiger partial charge on any atom is 0.248 e. The van der Waals surface area contributed by atoms with Crippen molar-refractivity contribution < 1.29 is 4.79 Å². The second kappa shape index (κ2) is 4.52. The van der Waals surface area contributed by atoms with Gasteiger partial charge in [-0.2, -0.15) is 5.10 Å². The second-order valence-electron chi connectivity index (χ2n) is 3.45. The molecule has 0 unspecified atom stereocenters. The van der Waals surface area contributed by atoms with Crippen LogP contribution in [0.4, 0.5) is 11.4 Å². The minimum Gasteiger partial charge on any atom is -0.397 e. The fraction of sp³-hybridized carbons (Fsp3) is 0.100. The Morgan fingerprint density at radius 1 is 1.47 bits per heavy atom. The van der Waals surface area contributed by atoms with Gasteiger partial charge in [0.15, 0.2) is 0 Å². The molecule has 0 aliphatic heterocycles. The molecule has 0 radical (unpaired) electrons. The molecule has 17 heavy (non-hydrogen) atoms. The maximum atomic E-state index is 11.0. The average Bonchev–Trinajstić information content (AvgIpc) is 2.80. The Kier molecular flexibility index (Phi) is 2.91. The fourth-order valence-corrected chi connectivity index (χ4v) is 1.36. The summed E-state index contributed by atoms with van der Waals surface area (Å²) in [6.45, 7) is 0.437. The molecule has 7 nitrogen and oxygen atoms in total. The number of benzene rings is 1. The molecule has 0 fully saturated rings. The quantitative estimate of drug-likeness (QED) is 0.557. The highest BCUT2D eigenvalue weighted by Crippen LogP contribution is 2.20. The Morgan fingerprint density at radius 3 is 2.94 bits per heavy atom. The lowest BCUT2D eigenvalue weighted by Crippen LogP contribution is -2.12. The van der Waals surface area contributed by atoms with Crippen molar-refractivity contribution in [1.29, 1.82) is 0 Å². The third kappa shape index (κ3) is 2.51. The third-order valence-corrected chi connectivity index (χ3v) is 2.25. The molecule has 0 spiro atoms. The lowest BCUT2D eigenvalue weighted by molar-refractivity contribution is 0.100. The molecule has 7 heteroatoms. The number of carbonyl (C=O) groups is 1. The predicted molar refractivity (Wildman–Crippen MR) is 63.1 cm³/mol. The number of amides is 1. The molecule has 1 heterocycles. The van der Waals surface area contributed by atoms with E-state index in [0.29, 0.717) is 29.3 Å². The van der Waals surface area contributed by atoms with Crippen molar-refractivity contribution in [3.63, 3.8) is 0 Å². The smallest absolute Gasteiger partial charge is 0.248 e. The maximum absolute atomic E-state index is 11.0. The van der Waals surface area contributed by atoms with Crippen LogP contribution in [-0.4, -0.2) is 21.1 Å². The molecule has 6 N–H and O–H groups in total. The van der Waals surface area contributed by atoms with Crippen LogP contribution in [0.2, 0.25) is 0 Å². The molecule has 88 valence electrons. The summed E-state index contributed by atoms with van der Waals surface area (Å²) in [4.78, 5) is 15.0. The van der Waals surface area contributed by atoms with Gasteiger partial charge >= 0.3 is 0 Å². The van der Waals surface area contributed by atoms with Gasteiger partial charge in [0.1, 0.15) is 12.2 Å². The van der Waals surface area contributed by atoms with E-state index in [-0.39, 0.29) is 0 Å². The zero-order valence-electron chi connectivity index (χ0n) is 8.97. The van der Waals surface area contributed by atoms with Gasteiger partial charge in [0, 0.05) is 5.56 Å². The molecule has 0 aliphatic carbocycles. The van der Waals surface area contributed by atoms with E-state index >= 15 is 0 Å². The van der Waals surface area contributed by atoms with Crippen LogP contribution < -0.4 is 16.8 Å². The van der Waals surface area contributed by atoms with Crippen LogP contribution in [0.5, 0.6) is 0 Å². The van der Waals surface area contributed by atoms with E-state index in [1.165, 1.54) is 6.33 Å². The number of nitrogens with zero attached hydrogens (tertiary/aromatic N) is 2. The normalized spacial score (nSPS) is 10.1. The third-order valence-electron chi connectivity index (χ3n) is 2.25. The number of anilines is 2. The van der Waals surface area contributed by atoms with Crippen molar-refractivity contribution in [1.82, 2.24) is 15.2 Å². The fourth-order valence-electron chi connectivity index (χ4n) is 1.36. The molecule has 1 aromatic heterocycles. The van der Waals surface area contributed by atoms with Gasteiger partial charge in [-0.1, -0.05) is 0 Å². The van der Waals surface area contributed by atoms with Crippen LogP contribution in [0.15, 0.2) is 24.5 Å². The van der Waals surface area contributed by atoms with Gasteiger partial charge in [0.2, 0.25) is 5.91 Å². The Morgan fingerprint density at radius 2 is 2.29 bits per heavy atom. The molecule has 0 atom stereocenters. The first-order valence-electron chi connectivity index (χ1n) is 4.94. The van der Waals surface area contributed by atoms with Crippen molar-refractivity contribution in [2.45, 2.75) is 6.54 Å². The molecule has 2 rings (SSSR count). The molecular formula is C10H12N6O. The van der Waals surface area contributed by atoms with E-state index in [1.807, 2.05) is 0 Å². The van der Waals surface area contributed by atoms with Crippen LogP contribution in [0.25, 0.3) is 0 Å². The van der Waals surface area contributed by atoms with E-state index in [2.05, 4.69) is 20.5 Å². The van der Waals surface area contributed by atoms with Gasteiger partial charge in [-0.15, -0.1) is 0 Å². The van der Waals surface area contributed by atoms with E-state index in [4.69, 9.17) is 11.5 Å². The van der Waals surface area contributed by atoms with Crippen molar-refractivity contribution in [2.24, 2.45) is 5.73 Å². The Labute approximate surface area is 97.2 Å². The lowest BCUT2D eigenvalue weighted by atomic mass is 10.1. The zero-order chi connectivity index (χ0) is 12.3. The summed E-state index contributed by atoms with van der Waals surface area (Å²) in [7, 11) is 0. The summed E-state index contributed by atoms with van der Waals surface area (Å²) >= 11 is 0. The van der Waals surface area contributed by atoms with E-state index in [9.17, 15) is 4.79 Å². The number of aromatic amines is 1. The average molecular weight is 232 g/mol. The highest BCUT2D eigenvalue weighted by molar-refractivity contribution is 5.94. The van der Waals surface area contributed by atoms with Crippen LogP contribution >= 0.6 is 0 Å². The summed E-state index contributed by atoms with van der Waals surface area (Å²) in [6, 6.07) is 4.81. The summed E-state index contributed by atoms with van der Waals surface area (Å²) in [6.07, 6.45) is 1.42. The summed E-state index contributed by atoms with van der Waals surface area (Å²) in [5.41, 5.74) is 12.5. The number of nitrogens with two attached hydrogens (primary N) is 2. The predicted octanol–water partition coefficient (Wildman–Crippen LogP) is 0.0979. The number of aromatic nitrogens is 3. The summed E-state index contributed by atoms with van der Waals surface area (Å²) < 4.78 is 0. The van der Waals surface area contributed by atoms with Gasteiger partial charge in [0.25, 0.3) is 0 Å². The largest absolute Gasteiger partial charge is 0.397 e. The number of carbonyl (C=O) groups excluding carboxylic acids is 1. The molecule has 0 saturated heterocycles. The van der Waals surface area contributed by atoms with Crippen LogP contribution in [0.1, 0.15) is 16.2 Å². The van der Waals surface area contributed by atoms with Crippen LogP contribution in [0, 0.1) is 0 Å². The standard InChI is InChI=1S/C10H12N6O/c11-7-2-1-6(10(12)17)3-8(7)13-4-9-14-5-15-16-9/h1-3,5,13H,4,11H2,(H2,12,17)(H,14,15,16). The van der Waals surface area contributed by atoms with Gasteiger partial charge in [-0.05, 0) is 18.2 Å². The highest BCUT2D eigenvalue weighted by Gasteiger charge is 2.05. The van der Waals surface area contributed by atoms with Gasteiger partial charge in [-0.25, -0.2) is 4.98 Å². The van der Waals surface area contributed by atoms with Gasteiger partial charge in [0.05, 0.1) is 17.9 Å². The van der Waals surface area contributed by atoms with Crippen LogP contribution in [0.3, 0.4) is 0 Å². The van der Waals surface area contributed by atoms with E-state index < -0.39 is 5.91 Å². The second-order valence-corrected chi connectivity index (χ2v) is 3.45. The number of hydrogen-bond acceptors (Lipinski definition) is 5. The van der Waals surface area contributed by atoms with Crippen molar-refractivity contribution in [2.75, 3.05) is 11.1 Å². The highest BCUT2D eigenvalue weighted by atomic mass is 16.1. The molecule has 0 bridgehead atoms. The monoisotopic (exact) mass is 232 g/mol. The lowest BCUT2D eigenvalue weighted by Gasteiger charge is -2.08. The molecule has 1 aromatic carbocycles. The van der Waals surface area contributed by atoms with Crippen molar-refractivity contribution in [3.05, 3.63) is 35.9 Å². The molecular weight excluding hydrogens is 220 g/mol. The van der Waals surface area contributed by atoms with Gasteiger partial charge in [-0.3, -0.25) is 9.89 Å². The zero-order valence-corrected chi connectivity index (χ0v) is 8.97. The molecule has 1 amide bonds. The number of nitrogen functional groups attached to an aromatic ring is 1. The number of rotatable bonds is 4. The number of nitrogens with one attached hydrogen (secondary N) is 2. The van der Waals surface area contributed by atoms with Gasteiger partial charge < -0.3 is 16.8 Å². The SMILES string of the molecule is NC(=O)c1ccc(N)c(NCc2ncn[nH]2)c1. The first-order valence-corrected chi connectivity index (χ1v) is 4.94. The topological polar surface area (TPSA) is 123 Å². The molecule has 0 saturated carbocycles. The number of hydrogen-bond donors (Lipinski definition) is 4. The Balaban J connectivity index is 2.14. The Bertz CT molecular complexity index is 522. The summed E-state index contributed by atoms with van der Waals surface area (Å²) in [5.74, 6) is 0.182. The Hall–Kier alpha value is -2.57. The first-order chi connectivity index (χ1) is 8.16. The molecule has 0 aliphatic rings. The molecule has 2 aromatic rings. The number of primary amides is 1. The number of H-pyrrole nitrogens is 1. The minimum atomic E-state index is -0.493. The minimum absolute atomic E-state index is 0.402. The van der Waals surface area contributed by atoms with Crippen molar-refractivity contribution >= 4 is 17.3 Å².